The molecule has 0 spiro atoms. The van der Waals surface area contributed by atoms with Crippen LogP contribution in [0.1, 0.15) is 30.0 Å². The molecular formula is C21H21NO5. The molecule has 0 aliphatic heterocycles. The van der Waals surface area contributed by atoms with Crippen LogP contribution in [0.4, 0.5) is 5.69 Å². The lowest BCUT2D eigenvalue weighted by molar-refractivity contribution is -0.123. The van der Waals surface area contributed by atoms with Crippen LogP contribution in [0, 0.1) is 0 Å². The molecule has 0 radical (unpaired) electrons. The molecule has 2 aromatic carbocycles. The number of fused-ring (bicyclic) bond motifs is 1. The third kappa shape index (κ3) is 4.35. The van der Waals surface area contributed by atoms with E-state index in [-0.39, 0.29) is 12.4 Å². The number of hydrogen-bond acceptors (Lipinski definition) is 5. The number of carbonyl (C=O) groups excluding carboxylic acids is 2. The first-order valence-electron chi connectivity index (χ1n) is 8.75. The average molecular weight is 367 g/mol. The predicted molar refractivity (Wildman–Crippen MR) is 101 cm³/mol. The summed E-state index contributed by atoms with van der Waals surface area (Å²) in [6, 6.07) is 16.3. The molecule has 1 heterocycles. The highest BCUT2D eigenvalue weighted by Crippen LogP contribution is 2.27. The van der Waals surface area contributed by atoms with E-state index in [9.17, 15) is 9.59 Å². The van der Waals surface area contributed by atoms with E-state index >= 15 is 0 Å². The molecular weight excluding hydrogens is 346 g/mol. The van der Waals surface area contributed by atoms with Gasteiger partial charge in [-0.15, -0.1) is 0 Å². The van der Waals surface area contributed by atoms with Gasteiger partial charge in [0.1, 0.15) is 5.58 Å². The number of furan rings is 1. The molecule has 0 fully saturated rings. The van der Waals surface area contributed by atoms with Crippen LogP contribution in [0.5, 0.6) is 0 Å². The molecule has 6 heteroatoms. The Morgan fingerprint density at radius 1 is 1.07 bits per heavy atom. The first-order chi connectivity index (χ1) is 13.1. The zero-order valence-electron chi connectivity index (χ0n) is 15.2. The van der Waals surface area contributed by atoms with E-state index in [2.05, 4.69) is 5.32 Å². The molecule has 27 heavy (non-hydrogen) atoms. The van der Waals surface area contributed by atoms with Crippen LogP contribution in [0.2, 0.25) is 0 Å². The number of ether oxygens (including phenoxy) is 2. The topological polar surface area (TPSA) is 77.8 Å². The lowest BCUT2D eigenvalue weighted by Crippen LogP contribution is -2.30. The lowest BCUT2D eigenvalue weighted by atomic mass is 10.1. The third-order valence-corrected chi connectivity index (χ3v) is 4.03. The van der Waals surface area contributed by atoms with E-state index in [1.807, 2.05) is 31.2 Å². The highest BCUT2D eigenvalue weighted by Gasteiger charge is 2.26. The van der Waals surface area contributed by atoms with Gasteiger partial charge < -0.3 is 19.2 Å². The van der Waals surface area contributed by atoms with E-state index in [0.717, 1.165) is 5.39 Å². The first kappa shape index (κ1) is 18.7. The van der Waals surface area contributed by atoms with E-state index in [0.29, 0.717) is 23.4 Å². The largest absolute Gasteiger partial charge is 0.449 e. The molecule has 6 nitrogen and oxygen atoms in total. The SMILES string of the molecule is CCOCc1c(C(=O)O[C@@H](C)C(=O)Nc2ccccc2)oc2ccccc12. The number of carbonyl (C=O) groups is 2. The van der Waals surface area contributed by atoms with Crippen LogP contribution in [0.15, 0.2) is 59.0 Å². The van der Waals surface area contributed by atoms with Gasteiger partial charge in [-0.05, 0) is 32.0 Å². The molecule has 1 atom stereocenters. The van der Waals surface area contributed by atoms with Gasteiger partial charge in [0.15, 0.2) is 6.10 Å². The molecule has 1 N–H and O–H groups in total. The van der Waals surface area contributed by atoms with Gasteiger partial charge in [0.05, 0.1) is 6.61 Å². The zero-order valence-corrected chi connectivity index (χ0v) is 15.2. The molecule has 3 aromatic rings. The molecule has 0 saturated carbocycles. The van der Waals surface area contributed by atoms with Gasteiger partial charge in [0, 0.05) is 23.2 Å². The first-order valence-corrected chi connectivity index (χ1v) is 8.75. The van der Waals surface area contributed by atoms with Crippen molar-refractivity contribution < 1.29 is 23.5 Å². The van der Waals surface area contributed by atoms with Crippen molar-refractivity contribution >= 4 is 28.5 Å². The second-order valence-corrected chi connectivity index (χ2v) is 5.95. The van der Waals surface area contributed by atoms with Gasteiger partial charge in [0.25, 0.3) is 5.91 Å². The number of anilines is 1. The minimum Gasteiger partial charge on any atom is -0.449 e. The predicted octanol–water partition coefficient (Wildman–Crippen LogP) is 4.15. The number of rotatable bonds is 7. The Morgan fingerprint density at radius 3 is 2.52 bits per heavy atom. The summed E-state index contributed by atoms with van der Waals surface area (Å²) in [6.07, 6.45) is -0.981. The summed E-state index contributed by atoms with van der Waals surface area (Å²) in [5, 5.41) is 3.49. The summed E-state index contributed by atoms with van der Waals surface area (Å²) in [7, 11) is 0. The summed E-state index contributed by atoms with van der Waals surface area (Å²) >= 11 is 0. The second kappa shape index (κ2) is 8.51. The van der Waals surface area contributed by atoms with Crippen LogP contribution in [0.3, 0.4) is 0 Å². The average Bonchev–Trinajstić information content (AvgIpc) is 3.05. The Bertz CT molecular complexity index is 932. The van der Waals surface area contributed by atoms with E-state index in [1.165, 1.54) is 6.92 Å². The van der Waals surface area contributed by atoms with Gasteiger partial charge in [-0.25, -0.2) is 4.79 Å². The minimum absolute atomic E-state index is 0.0593. The fourth-order valence-corrected chi connectivity index (χ4v) is 2.64. The minimum atomic E-state index is -0.981. The van der Waals surface area contributed by atoms with Crippen molar-refractivity contribution in [2.75, 3.05) is 11.9 Å². The van der Waals surface area contributed by atoms with Crippen molar-refractivity contribution in [2.24, 2.45) is 0 Å². The van der Waals surface area contributed by atoms with Gasteiger partial charge >= 0.3 is 5.97 Å². The van der Waals surface area contributed by atoms with Crippen LogP contribution < -0.4 is 5.32 Å². The molecule has 0 unspecified atom stereocenters. The summed E-state index contributed by atoms with van der Waals surface area (Å²) in [5.41, 5.74) is 1.82. The second-order valence-electron chi connectivity index (χ2n) is 5.95. The van der Waals surface area contributed by atoms with Gasteiger partial charge in [0.2, 0.25) is 5.76 Å². The number of nitrogens with one attached hydrogen (secondary N) is 1. The number of esters is 1. The maximum Gasteiger partial charge on any atom is 0.375 e. The summed E-state index contributed by atoms with van der Waals surface area (Å²) in [5.74, 6) is -1.06. The van der Waals surface area contributed by atoms with Crippen LogP contribution in [0.25, 0.3) is 11.0 Å². The van der Waals surface area contributed by atoms with E-state index in [1.54, 1.807) is 30.3 Å². The van der Waals surface area contributed by atoms with Crippen molar-refractivity contribution in [3.63, 3.8) is 0 Å². The van der Waals surface area contributed by atoms with E-state index < -0.39 is 18.0 Å². The fraction of sp³-hybridized carbons (Fsp3) is 0.238. The summed E-state index contributed by atoms with van der Waals surface area (Å²) < 4.78 is 16.5. The number of amides is 1. The molecule has 0 bridgehead atoms. The van der Waals surface area contributed by atoms with E-state index in [4.69, 9.17) is 13.9 Å². The van der Waals surface area contributed by atoms with Crippen molar-refractivity contribution in [2.45, 2.75) is 26.6 Å². The van der Waals surface area contributed by atoms with Crippen LogP contribution in [-0.2, 0) is 20.9 Å². The normalized spacial score (nSPS) is 11.9. The zero-order chi connectivity index (χ0) is 19.2. The lowest BCUT2D eigenvalue weighted by Gasteiger charge is -2.13. The molecule has 3 rings (SSSR count). The fourth-order valence-electron chi connectivity index (χ4n) is 2.64. The number of para-hydroxylation sites is 2. The van der Waals surface area contributed by atoms with Gasteiger partial charge in [-0.1, -0.05) is 36.4 Å². The third-order valence-electron chi connectivity index (χ3n) is 4.03. The molecule has 140 valence electrons. The van der Waals surface area contributed by atoms with Crippen molar-refractivity contribution in [1.82, 2.24) is 0 Å². The van der Waals surface area contributed by atoms with Gasteiger partial charge in [-0.3, -0.25) is 4.79 Å². The smallest absolute Gasteiger partial charge is 0.375 e. The monoisotopic (exact) mass is 367 g/mol. The Morgan fingerprint density at radius 2 is 1.78 bits per heavy atom. The molecule has 1 amide bonds. The molecule has 0 aliphatic rings. The Balaban J connectivity index is 1.76. The van der Waals surface area contributed by atoms with Crippen molar-refractivity contribution in [3.8, 4) is 0 Å². The number of hydrogen-bond donors (Lipinski definition) is 1. The number of benzene rings is 2. The Hall–Kier alpha value is -3.12. The van der Waals surface area contributed by atoms with Crippen LogP contribution >= 0.6 is 0 Å². The Kier molecular flexibility index (Phi) is 5.88. The van der Waals surface area contributed by atoms with Crippen LogP contribution in [-0.4, -0.2) is 24.6 Å². The Labute approximate surface area is 157 Å². The quantitative estimate of drug-likeness (QED) is 0.635. The van der Waals surface area contributed by atoms with Crippen molar-refractivity contribution in [3.05, 3.63) is 65.9 Å². The highest BCUT2D eigenvalue weighted by atomic mass is 16.6. The molecule has 0 aliphatic carbocycles. The molecule has 1 aromatic heterocycles. The van der Waals surface area contributed by atoms with Gasteiger partial charge in [-0.2, -0.15) is 0 Å². The maximum absolute atomic E-state index is 12.6. The highest BCUT2D eigenvalue weighted by molar-refractivity contribution is 5.99. The summed E-state index contributed by atoms with van der Waals surface area (Å²) in [4.78, 5) is 24.9. The maximum atomic E-state index is 12.6. The molecule has 0 saturated heterocycles. The summed E-state index contributed by atoms with van der Waals surface area (Å²) in [6.45, 7) is 4.11. The van der Waals surface area contributed by atoms with Crippen molar-refractivity contribution in [1.29, 1.82) is 0 Å². The standard InChI is InChI=1S/C21H21NO5/c1-3-25-13-17-16-11-7-8-12-18(16)27-19(17)21(24)26-14(2)20(23)22-15-9-5-4-6-10-15/h4-12,14H,3,13H2,1-2H3,(H,22,23)/t14-/m0/s1.